The Morgan fingerprint density at radius 1 is 1.05 bits per heavy atom. The number of amides is 1. The summed E-state index contributed by atoms with van der Waals surface area (Å²) in [5, 5.41) is 8.87. The molecule has 1 aliphatic heterocycles. The summed E-state index contributed by atoms with van der Waals surface area (Å²) in [7, 11) is 0. The largest absolute Gasteiger partial charge is 0.480 e. The number of hydrogen-bond donors (Lipinski definition) is 1. The van der Waals surface area contributed by atoms with Crippen LogP contribution in [-0.4, -0.2) is 59.0 Å². The molecule has 110 valence electrons. The first kappa shape index (κ1) is 16.0. The van der Waals surface area contributed by atoms with E-state index in [9.17, 15) is 9.59 Å². The second-order valence-corrected chi connectivity index (χ2v) is 5.54. The molecule has 0 aromatic carbocycles. The van der Waals surface area contributed by atoms with Crippen LogP contribution in [0.3, 0.4) is 0 Å². The molecular weight excluding hydrogens is 244 g/mol. The number of aliphatic carboxylic acids is 1. The smallest absolute Gasteiger partial charge is 0.317 e. The van der Waals surface area contributed by atoms with Crippen LogP contribution in [0.5, 0.6) is 0 Å². The third-order valence-corrected chi connectivity index (χ3v) is 3.62. The van der Waals surface area contributed by atoms with Crippen LogP contribution in [0.2, 0.25) is 0 Å². The number of nitrogens with zero attached hydrogens (tertiary/aromatic N) is 2. The molecule has 0 saturated carbocycles. The van der Waals surface area contributed by atoms with Crippen molar-refractivity contribution in [3.05, 3.63) is 0 Å². The molecule has 1 aliphatic rings. The van der Waals surface area contributed by atoms with Crippen molar-refractivity contribution in [1.82, 2.24) is 9.80 Å². The Labute approximate surface area is 115 Å². The molecule has 19 heavy (non-hydrogen) atoms. The Morgan fingerprint density at radius 3 is 2.05 bits per heavy atom. The summed E-state index contributed by atoms with van der Waals surface area (Å²) >= 11 is 0. The summed E-state index contributed by atoms with van der Waals surface area (Å²) in [4.78, 5) is 26.7. The molecule has 5 nitrogen and oxygen atoms in total. The van der Waals surface area contributed by atoms with Crippen LogP contribution in [0.15, 0.2) is 0 Å². The minimum Gasteiger partial charge on any atom is -0.480 e. The van der Waals surface area contributed by atoms with Gasteiger partial charge in [0.05, 0.1) is 13.1 Å². The zero-order chi connectivity index (χ0) is 14.3. The average Bonchev–Trinajstić information content (AvgIpc) is 2.26. The number of likely N-dealkylation sites (tertiary alicyclic amines) is 1. The Kier molecular flexibility index (Phi) is 6.84. The van der Waals surface area contributed by atoms with E-state index in [0.29, 0.717) is 0 Å². The van der Waals surface area contributed by atoms with E-state index in [4.69, 9.17) is 5.11 Å². The van der Waals surface area contributed by atoms with Gasteiger partial charge in [-0.05, 0) is 26.7 Å². The molecule has 0 aliphatic carbocycles. The van der Waals surface area contributed by atoms with E-state index in [0.717, 1.165) is 25.9 Å². The van der Waals surface area contributed by atoms with Gasteiger partial charge in [-0.25, -0.2) is 0 Å². The fraction of sp³-hybridized carbons (Fsp3) is 0.857. The molecule has 0 atom stereocenters. The maximum atomic E-state index is 12.3. The summed E-state index contributed by atoms with van der Waals surface area (Å²) in [5.41, 5.74) is 0. The number of hydrogen-bond acceptors (Lipinski definition) is 3. The molecule has 0 bridgehead atoms. The monoisotopic (exact) mass is 270 g/mol. The van der Waals surface area contributed by atoms with Crippen LogP contribution in [-0.2, 0) is 9.59 Å². The fourth-order valence-electron chi connectivity index (χ4n) is 2.37. The highest BCUT2D eigenvalue weighted by Gasteiger charge is 2.21. The van der Waals surface area contributed by atoms with Crippen molar-refractivity contribution in [3.63, 3.8) is 0 Å². The third-order valence-electron chi connectivity index (χ3n) is 3.62. The number of carboxylic acids is 1. The summed E-state index contributed by atoms with van der Waals surface area (Å²) in [6.07, 6.45) is 5.76. The highest BCUT2D eigenvalue weighted by atomic mass is 16.4. The predicted molar refractivity (Wildman–Crippen MR) is 74.0 cm³/mol. The minimum atomic E-state index is -0.880. The first-order chi connectivity index (χ1) is 9.00. The zero-order valence-electron chi connectivity index (χ0n) is 12.1. The van der Waals surface area contributed by atoms with Gasteiger partial charge >= 0.3 is 5.97 Å². The number of rotatable bonds is 5. The van der Waals surface area contributed by atoms with E-state index in [-0.39, 0.29) is 25.0 Å². The summed E-state index contributed by atoms with van der Waals surface area (Å²) in [5.74, 6) is -0.814. The second kappa shape index (κ2) is 8.15. The van der Waals surface area contributed by atoms with E-state index in [1.165, 1.54) is 19.3 Å². The van der Waals surface area contributed by atoms with Crippen molar-refractivity contribution in [1.29, 1.82) is 0 Å². The van der Waals surface area contributed by atoms with Crippen LogP contribution in [0.4, 0.5) is 0 Å². The van der Waals surface area contributed by atoms with Crippen LogP contribution in [0.25, 0.3) is 0 Å². The maximum absolute atomic E-state index is 12.3. The summed E-state index contributed by atoms with van der Waals surface area (Å²) < 4.78 is 0. The number of carbonyl (C=O) groups excluding carboxylic acids is 1. The highest BCUT2D eigenvalue weighted by Crippen LogP contribution is 2.11. The minimum absolute atomic E-state index is 0.0646. The molecule has 1 saturated heterocycles. The van der Waals surface area contributed by atoms with Crippen LogP contribution in [0.1, 0.15) is 46.0 Å². The van der Waals surface area contributed by atoms with Gasteiger partial charge in [0.25, 0.3) is 0 Å². The summed E-state index contributed by atoms with van der Waals surface area (Å²) in [6.45, 7) is 5.62. The lowest BCUT2D eigenvalue weighted by Gasteiger charge is -2.29. The van der Waals surface area contributed by atoms with Gasteiger partial charge < -0.3 is 10.0 Å². The van der Waals surface area contributed by atoms with Gasteiger partial charge in [-0.15, -0.1) is 0 Å². The molecule has 1 heterocycles. The first-order valence-corrected chi connectivity index (χ1v) is 7.24. The Balaban J connectivity index is 2.51. The van der Waals surface area contributed by atoms with E-state index >= 15 is 0 Å². The quantitative estimate of drug-likeness (QED) is 0.824. The standard InChI is InChI=1S/C14H26N2O3/c1-12(2)16(11-14(18)19)10-13(17)15-8-6-4-3-5-7-9-15/h12H,3-11H2,1-2H3,(H,18,19). The molecule has 1 amide bonds. The molecule has 1 fully saturated rings. The van der Waals surface area contributed by atoms with E-state index in [1.807, 2.05) is 18.7 Å². The molecule has 0 spiro atoms. The molecule has 0 unspecified atom stereocenters. The van der Waals surface area contributed by atoms with Crippen LogP contribution in [0, 0.1) is 0 Å². The highest BCUT2D eigenvalue weighted by molar-refractivity contribution is 5.79. The van der Waals surface area contributed by atoms with E-state index in [1.54, 1.807) is 4.90 Å². The van der Waals surface area contributed by atoms with Crippen molar-refractivity contribution in [3.8, 4) is 0 Å². The fourth-order valence-corrected chi connectivity index (χ4v) is 2.37. The van der Waals surface area contributed by atoms with Gasteiger partial charge in [-0.1, -0.05) is 19.3 Å². The maximum Gasteiger partial charge on any atom is 0.317 e. The lowest BCUT2D eigenvalue weighted by molar-refractivity contribution is -0.140. The molecular formula is C14H26N2O3. The third kappa shape index (κ3) is 6.05. The lowest BCUT2D eigenvalue weighted by Crippen LogP contribution is -2.45. The molecule has 0 aromatic heterocycles. The Bertz CT molecular complexity index is 297. The topological polar surface area (TPSA) is 60.9 Å². The molecule has 0 aromatic rings. The molecule has 1 N–H and O–H groups in total. The second-order valence-electron chi connectivity index (χ2n) is 5.54. The van der Waals surface area contributed by atoms with Gasteiger partial charge in [-0.3, -0.25) is 14.5 Å². The van der Waals surface area contributed by atoms with Gasteiger partial charge in [0.15, 0.2) is 0 Å². The van der Waals surface area contributed by atoms with Gasteiger partial charge in [0, 0.05) is 19.1 Å². The normalized spacial score (nSPS) is 17.4. The van der Waals surface area contributed by atoms with Crippen LogP contribution >= 0.6 is 0 Å². The van der Waals surface area contributed by atoms with Gasteiger partial charge in [0.1, 0.15) is 0 Å². The van der Waals surface area contributed by atoms with Gasteiger partial charge in [0.2, 0.25) is 5.91 Å². The van der Waals surface area contributed by atoms with Crippen molar-refractivity contribution in [2.45, 2.75) is 52.0 Å². The molecule has 0 radical (unpaired) electrons. The van der Waals surface area contributed by atoms with Crippen molar-refractivity contribution in [2.24, 2.45) is 0 Å². The SMILES string of the molecule is CC(C)N(CC(=O)O)CC(=O)N1CCCCCCC1. The molecule has 1 rings (SSSR count). The van der Waals surface area contributed by atoms with E-state index in [2.05, 4.69) is 0 Å². The van der Waals surface area contributed by atoms with Crippen LogP contribution < -0.4 is 0 Å². The lowest BCUT2D eigenvalue weighted by atomic mass is 10.1. The number of carboxylic acid groups (broad SMARTS) is 1. The number of carbonyl (C=O) groups is 2. The first-order valence-electron chi connectivity index (χ1n) is 7.24. The zero-order valence-corrected chi connectivity index (χ0v) is 12.1. The Hall–Kier alpha value is -1.10. The Morgan fingerprint density at radius 2 is 1.58 bits per heavy atom. The van der Waals surface area contributed by atoms with Crippen molar-refractivity contribution in [2.75, 3.05) is 26.2 Å². The van der Waals surface area contributed by atoms with E-state index < -0.39 is 5.97 Å². The summed E-state index contributed by atoms with van der Waals surface area (Å²) in [6, 6.07) is 0.0646. The van der Waals surface area contributed by atoms with Gasteiger partial charge in [-0.2, -0.15) is 0 Å². The molecule has 5 heteroatoms. The van der Waals surface area contributed by atoms with Crippen molar-refractivity contribution >= 4 is 11.9 Å². The predicted octanol–water partition coefficient (Wildman–Crippen LogP) is 1.57. The average molecular weight is 270 g/mol. The van der Waals surface area contributed by atoms with Crippen molar-refractivity contribution < 1.29 is 14.7 Å².